The molecule has 0 aliphatic heterocycles. The lowest BCUT2D eigenvalue weighted by molar-refractivity contribution is 0.0954. The SMILES string of the molecule is CCCOc1ccc(C(=O)N/N=C/c2ccc(OS(=O)(=O)c3ccccc3)cc2)cc1OC. The van der Waals surface area contributed by atoms with Crippen molar-refractivity contribution in [3.63, 3.8) is 0 Å². The van der Waals surface area contributed by atoms with Gasteiger partial charge in [-0.25, -0.2) is 5.43 Å². The number of carbonyl (C=O) groups excluding carboxylic acids is 1. The summed E-state index contributed by atoms with van der Waals surface area (Å²) in [5.41, 5.74) is 3.45. The normalized spacial score (nSPS) is 11.2. The molecule has 0 spiro atoms. The lowest BCUT2D eigenvalue weighted by Crippen LogP contribution is -2.17. The largest absolute Gasteiger partial charge is 0.493 e. The number of nitrogens with one attached hydrogen (secondary N) is 1. The second kappa shape index (κ2) is 11.1. The minimum absolute atomic E-state index is 0.0694. The molecule has 0 aliphatic rings. The van der Waals surface area contributed by atoms with Gasteiger partial charge >= 0.3 is 10.1 Å². The molecular formula is C24H24N2O6S. The van der Waals surface area contributed by atoms with Crippen molar-refractivity contribution in [2.75, 3.05) is 13.7 Å². The smallest absolute Gasteiger partial charge is 0.339 e. The van der Waals surface area contributed by atoms with Gasteiger partial charge in [0.1, 0.15) is 10.6 Å². The van der Waals surface area contributed by atoms with E-state index in [4.69, 9.17) is 13.7 Å². The average molecular weight is 469 g/mol. The van der Waals surface area contributed by atoms with Crippen LogP contribution in [0.2, 0.25) is 0 Å². The van der Waals surface area contributed by atoms with Crippen LogP contribution in [0.1, 0.15) is 29.3 Å². The number of hydrogen-bond acceptors (Lipinski definition) is 7. The fourth-order valence-electron chi connectivity index (χ4n) is 2.74. The molecule has 8 nitrogen and oxygen atoms in total. The average Bonchev–Trinajstić information content (AvgIpc) is 2.84. The Morgan fingerprint density at radius 1 is 1.00 bits per heavy atom. The van der Waals surface area contributed by atoms with E-state index in [1.165, 1.54) is 37.6 Å². The summed E-state index contributed by atoms with van der Waals surface area (Å²) in [5.74, 6) is 0.773. The first-order chi connectivity index (χ1) is 15.9. The Bertz CT molecular complexity index is 1210. The molecule has 3 aromatic carbocycles. The molecule has 0 aliphatic carbocycles. The lowest BCUT2D eigenvalue weighted by Gasteiger charge is -2.11. The van der Waals surface area contributed by atoms with Gasteiger partial charge in [-0.3, -0.25) is 4.79 Å². The molecule has 0 aromatic heterocycles. The summed E-state index contributed by atoms with van der Waals surface area (Å²) < 4.78 is 40.5. The highest BCUT2D eigenvalue weighted by Gasteiger charge is 2.15. The molecule has 0 heterocycles. The Morgan fingerprint density at radius 2 is 1.73 bits per heavy atom. The first kappa shape index (κ1) is 23.8. The molecule has 0 saturated heterocycles. The molecule has 0 bridgehead atoms. The fourth-order valence-corrected chi connectivity index (χ4v) is 3.69. The number of rotatable bonds is 10. The van der Waals surface area contributed by atoms with Crippen molar-refractivity contribution < 1.29 is 26.9 Å². The van der Waals surface area contributed by atoms with Crippen LogP contribution in [0.15, 0.2) is 82.8 Å². The molecule has 1 N–H and O–H groups in total. The Labute approximate surface area is 192 Å². The Kier molecular flexibility index (Phi) is 8.04. The number of benzene rings is 3. The number of carbonyl (C=O) groups is 1. The minimum atomic E-state index is -3.91. The molecule has 3 rings (SSSR count). The van der Waals surface area contributed by atoms with Gasteiger partial charge in [0, 0.05) is 5.56 Å². The maximum absolute atomic E-state index is 12.4. The summed E-state index contributed by atoms with van der Waals surface area (Å²) in [7, 11) is -2.40. The summed E-state index contributed by atoms with van der Waals surface area (Å²) in [6, 6.07) is 19.0. The third kappa shape index (κ3) is 6.56. The van der Waals surface area contributed by atoms with Crippen molar-refractivity contribution in [3.8, 4) is 17.2 Å². The number of hydrogen-bond donors (Lipinski definition) is 1. The molecule has 3 aromatic rings. The van der Waals surface area contributed by atoms with Crippen LogP contribution in [0, 0.1) is 0 Å². The summed E-state index contributed by atoms with van der Waals surface area (Å²) in [5, 5.41) is 3.94. The second-order valence-electron chi connectivity index (χ2n) is 6.83. The van der Waals surface area contributed by atoms with Crippen molar-refractivity contribution >= 4 is 22.2 Å². The van der Waals surface area contributed by atoms with Gasteiger partial charge in [0.05, 0.1) is 19.9 Å². The maximum Gasteiger partial charge on any atom is 0.339 e. The molecule has 1 amide bonds. The molecular weight excluding hydrogens is 444 g/mol. The van der Waals surface area contributed by atoms with E-state index in [1.54, 1.807) is 48.5 Å². The van der Waals surface area contributed by atoms with Crippen LogP contribution in [0.25, 0.3) is 0 Å². The van der Waals surface area contributed by atoms with Crippen LogP contribution in [-0.4, -0.2) is 34.3 Å². The maximum atomic E-state index is 12.4. The molecule has 9 heteroatoms. The predicted octanol–water partition coefficient (Wildman–Crippen LogP) is 4.02. The molecule has 0 atom stereocenters. The predicted molar refractivity (Wildman–Crippen MR) is 125 cm³/mol. The van der Waals surface area contributed by atoms with Gasteiger partial charge in [0.25, 0.3) is 5.91 Å². The lowest BCUT2D eigenvalue weighted by atomic mass is 10.2. The van der Waals surface area contributed by atoms with E-state index in [9.17, 15) is 13.2 Å². The zero-order valence-corrected chi connectivity index (χ0v) is 19.0. The molecule has 0 saturated carbocycles. The van der Waals surface area contributed by atoms with Gasteiger partial charge < -0.3 is 13.7 Å². The zero-order valence-electron chi connectivity index (χ0n) is 18.2. The van der Waals surface area contributed by atoms with E-state index in [0.29, 0.717) is 29.2 Å². The van der Waals surface area contributed by atoms with E-state index in [2.05, 4.69) is 10.5 Å². The topological polar surface area (TPSA) is 103 Å². The van der Waals surface area contributed by atoms with Crippen LogP contribution in [0.4, 0.5) is 0 Å². The summed E-state index contributed by atoms with van der Waals surface area (Å²) in [6.07, 6.45) is 2.29. The first-order valence-corrected chi connectivity index (χ1v) is 11.6. The third-order valence-electron chi connectivity index (χ3n) is 4.39. The number of ether oxygens (including phenoxy) is 2. The van der Waals surface area contributed by atoms with Gasteiger partial charge in [-0.05, 0) is 66.6 Å². The van der Waals surface area contributed by atoms with Gasteiger partial charge in [-0.2, -0.15) is 13.5 Å². The fraction of sp³-hybridized carbons (Fsp3) is 0.167. The van der Waals surface area contributed by atoms with Crippen LogP contribution in [0.3, 0.4) is 0 Å². The van der Waals surface area contributed by atoms with E-state index in [-0.39, 0.29) is 10.6 Å². The summed E-state index contributed by atoms with van der Waals surface area (Å²) in [6.45, 7) is 2.55. The molecule has 172 valence electrons. The van der Waals surface area contributed by atoms with Crippen molar-refractivity contribution in [3.05, 3.63) is 83.9 Å². The van der Waals surface area contributed by atoms with Crippen molar-refractivity contribution in [1.29, 1.82) is 0 Å². The van der Waals surface area contributed by atoms with Crippen LogP contribution >= 0.6 is 0 Å². The first-order valence-electron chi connectivity index (χ1n) is 10.2. The second-order valence-corrected chi connectivity index (χ2v) is 8.38. The number of methoxy groups -OCH3 is 1. The third-order valence-corrected chi connectivity index (χ3v) is 5.65. The molecule has 0 fully saturated rings. The minimum Gasteiger partial charge on any atom is -0.493 e. The van der Waals surface area contributed by atoms with Gasteiger partial charge in [-0.1, -0.05) is 25.1 Å². The van der Waals surface area contributed by atoms with E-state index >= 15 is 0 Å². The van der Waals surface area contributed by atoms with Crippen LogP contribution in [0.5, 0.6) is 17.2 Å². The Hall–Kier alpha value is -3.85. The van der Waals surface area contributed by atoms with Gasteiger partial charge in [0.2, 0.25) is 0 Å². The van der Waals surface area contributed by atoms with Crippen molar-refractivity contribution in [2.24, 2.45) is 5.10 Å². The van der Waals surface area contributed by atoms with E-state index < -0.39 is 16.0 Å². The molecule has 33 heavy (non-hydrogen) atoms. The highest BCUT2D eigenvalue weighted by molar-refractivity contribution is 7.87. The quantitative estimate of drug-likeness (QED) is 0.274. The van der Waals surface area contributed by atoms with Crippen LogP contribution < -0.4 is 19.1 Å². The monoisotopic (exact) mass is 468 g/mol. The van der Waals surface area contributed by atoms with Gasteiger partial charge in [-0.15, -0.1) is 0 Å². The van der Waals surface area contributed by atoms with E-state index in [0.717, 1.165) is 6.42 Å². The number of nitrogens with zero attached hydrogens (tertiary/aromatic N) is 1. The zero-order chi connectivity index (χ0) is 23.7. The highest BCUT2D eigenvalue weighted by atomic mass is 32.2. The Balaban J connectivity index is 1.60. The Morgan fingerprint density at radius 3 is 2.39 bits per heavy atom. The number of hydrazone groups is 1. The molecule has 0 radical (unpaired) electrons. The van der Waals surface area contributed by atoms with Gasteiger partial charge in [0.15, 0.2) is 11.5 Å². The van der Waals surface area contributed by atoms with Crippen molar-refractivity contribution in [1.82, 2.24) is 5.43 Å². The van der Waals surface area contributed by atoms with Crippen LogP contribution in [-0.2, 0) is 10.1 Å². The highest BCUT2D eigenvalue weighted by Crippen LogP contribution is 2.28. The summed E-state index contributed by atoms with van der Waals surface area (Å²) in [4.78, 5) is 12.4. The van der Waals surface area contributed by atoms with E-state index in [1.807, 2.05) is 6.92 Å². The number of amides is 1. The standard InChI is InChI=1S/C24H24N2O6S/c1-3-15-31-22-14-11-19(16-23(22)30-2)24(27)26-25-17-18-9-12-20(13-10-18)32-33(28,29)21-7-5-4-6-8-21/h4-14,16-17H,3,15H2,1-2H3,(H,26,27)/b25-17+. The summed E-state index contributed by atoms with van der Waals surface area (Å²) >= 11 is 0. The molecule has 0 unspecified atom stereocenters. The van der Waals surface area contributed by atoms with Crippen molar-refractivity contribution in [2.45, 2.75) is 18.2 Å².